The van der Waals surface area contributed by atoms with E-state index in [1.807, 2.05) is 0 Å². The number of aromatic nitrogens is 2. The Bertz CT molecular complexity index is 921. The van der Waals surface area contributed by atoms with Crippen LogP contribution in [-0.2, 0) is 0 Å². The fourth-order valence-electron chi connectivity index (χ4n) is 4.07. The minimum atomic E-state index is -0.495. The Morgan fingerprint density at radius 2 is 1.90 bits per heavy atom. The standard InChI is InChI=1S/C20H26ClN5O3/c1-13-8-14(2)11-24(10-13)12-15(3)23-18-9-22-25(20(27)19(18)21)16-4-6-17(7-5-16)26(28)29/h4-7,9,13-15,23H,8,10-12H2,1-3H3. The van der Waals surface area contributed by atoms with E-state index in [2.05, 4.69) is 36.1 Å². The zero-order valence-electron chi connectivity index (χ0n) is 16.8. The first-order valence-electron chi connectivity index (χ1n) is 9.76. The number of nitro groups is 1. The lowest BCUT2D eigenvalue weighted by Crippen LogP contribution is -2.43. The molecule has 0 radical (unpaired) electrons. The number of halogens is 1. The van der Waals surface area contributed by atoms with Gasteiger partial charge in [0.05, 0.1) is 22.5 Å². The quantitative estimate of drug-likeness (QED) is 0.568. The number of piperidine rings is 1. The molecule has 1 saturated heterocycles. The minimum absolute atomic E-state index is 0.0468. The second kappa shape index (κ2) is 8.92. The summed E-state index contributed by atoms with van der Waals surface area (Å²) in [4.78, 5) is 25.4. The molecule has 1 fully saturated rings. The summed E-state index contributed by atoms with van der Waals surface area (Å²) < 4.78 is 1.13. The predicted octanol–water partition coefficient (Wildman–Crippen LogP) is 3.57. The molecule has 29 heavy (non-hydrogen) atoms. The van der Waals surface area contributed by atoms with Crippen molar-refractivity contribution in [1.82, 2.24) is 14.7 Å². The van der Waals surface area contributed by atoms with Crippen LogP contribution in [0.25, 0.3) is 5.69 Å². The molecule has 1 N–H and O–H groups in total. The van der Waals surface area contributed by atoms with Gasteiger partial charge in [0.1, 0.15) is 5.02 Å². The highest BCUT2D eigenvalue weighted by atomic mass is 35.5. The second-order valence-corrected chi connectivity index (χ2v) is 8.45. The molecule has 1 aliphatic heterocycles. The number of likely N-dealkylation sites (tertiary alicyclic amines) is 1. The molecule has 9 heteroatoms. The maximum Gasteiger partial charge on any atom is 0.292 e. The summed E-state index contributed by atoms with van der Waals surface area (Å²) in [6.07, 6.45) is 2.78. The van der Waals surface area contributed by atoms with Crippen LogP contribution in [0.1, 0.15) is 27.2 Å². The molecule has 1 aromatic heterocycles. The molecule has 0 amide bonds. The highest BCUT2D eigenvalue weighted by Gasteiger charge is 2.23. The molecule has 1 aliphatic rings. The van der Waals surface area contributed by atoms with E-state index in [9.17, 15) is 14.9 Å². The molecule has 3 unspecified atom stereocenters. The zero-order valence-corrected chi connectivity index (χ0v) is 17.6. The van der Waals surface area contributed by atoms with Crippen molar-refractivity contribution in [1.29, 1.82) is 0 Å². The first-order valence-corrected chi connectivity index (χ1v) is 10.1. The monoisotopic (exact) mass is 419 g/mol. The molecule has 8 nitrogen and oxygen atoms in total. The van der Waals surface area contributed by atoms with Gasteiger partial charge in [0.15, 0.2) is 0 Å². The molecule has 0 bridgehead atoms. The van der Waals surface area contributed by atoms with Crippen LogP contribution in [-0.4, -0.2) is 45.3 Å². The van der Waals surface area contributed by atoms with Crippen LogP contribution >= 0.6 is 11.6 Å². The number of non-ortho nitro benzene ring substituents is 1. The van der Waals surface area contributed by atoms with E-state index in [1.165, 1.54) is 36.9 Å². The SMILES string of the molecule is CC1CC(C)CN(CC(C)Nc2cnn(-c3ccc([N+](=O)[O-])cc3)c(=O)c2Cl)C1. The van der Waals surface area contributed by atoms with E-state index in [4.69, 9.17) is 11.6 Å². The molecule has 3 rings (SSSR count). The Morgan fingerprint density at radius 1 is 1.28 bits per heavy atom. The predicted molar refractivity (Wildman–Crippen MR) is 114 cm³/mol. The van der Waals surface area contributed by atoms with Gasteiger partial charge in [-0.15, -0.1) is 0 Å². The third kappa shape index (κ3) is 5.13. The van der Waals surface area contributed by atoms with Gasteiger partial charge < -0.3 is 10.2 Å². The van der Waals surface area contributed by atoms with Crippen LogP contribution in [0.4, 0.5) is 11.4 Å². The third-order valence-corrected chi connectivity index (χ3v) is 5.47. The highest BCUT2D eigenvalue weighted by Crippen LogP contribution is 2.22. The van der Waals surface area contributed by atoms with Crippen molar-refractivity contribution in [2.75, 3.05) is 25.0 Å². The number of nitro benzene ring substituents is 1. The number of anilines is 1. The van der Waals surface area contributed by atoms with Crippen molar-refractivity contribution in [3.05, 3.63) is 56.0 Å². The van der Waals surface area contributed by atoms with E-state index < -0.39 is 10.5 Å². The first-order chi connectivity index (χ1) is 13.7. The lowest BCUT2D eigenvalue weighted by atomic mass is 9.92. The largest absolute Gasteiger partial charge is 0.379 e. The Kier molecular flexibility index (Phi) is 6.54. The Hall–Kier alpha value is -2.45. The van der Waals surface area contributed by atoms with Gasteiger partial charge in [-0.2, -0.15) is 9.78 Å². The van der Waals surface area contributed by atoms with Gasteiger partial charge in [-0.3, -0.25) is 14.9 Å². The van der Waals surface area contributed by atoms with Crippen molar-refractivity contribution in [3.63, 3.8) is 0 Å². The Balaban J connectivity index is 1.72. The van der Waals surface area contributed by atoms with Gasteiger partial charge >= 0.3 is 0 Å². The number of nitrogens with zero attached hydrogens (tertiary/aromatic N) is 4. The molecule has 0 saturated carbocycles. The van der Waals surface area contributed by atoms with Crippen LogP contribution in [0.15, 0.2) is 35.3 Å². The molecular formula is C20H26ClN5O3. The average Bonchev–Trinajstić information content (AvgIpc) is 2.65. The smallest absolute Gasteiger partial charge is 0.292 e. The topological polar surface area (TPSA) is 93.3 Å². The summed E-state index contributed by atoms with van der Waals surface area (Å²) in [5, 5.41) is 18.3. The summed E-state index contributed by atoms with van der Waals surface area (Å²) in [5.41, 5.74) is 0.373. The van der Waals surface area contributed by atoms with Crippen LogP contribution in [0.2, 0.25) is 5.02 Å². The summed E-state index contributed by atoms with van der Waals surface area (Å²) in [7, 11) is 0. The van der Waals surface area contributed by atoms with Gasteiger partial charge in [-0.1, -0.05) is 25.4 Å². The van der Waals surface area contributed by atoms with Crippen molar-refractivity contribution in [3.8, 4) is 5.69 Å². The molecular weight excluding hydrogens is 394 g/mol. The summed E-state index contributed by atoms with van der Waals surface area (Å²) in [5.74, 6) is 1.36. The maximum absolute atomic E-state index is 12.7. The number of benzene rings is 1. The fraction of sp³-hybridized carbons (Fsp3) is 0.500. The maximum atomic E-state index is 12.7. The van der Waals surface area contributed by atoms with E-state index in [0.29, 0.717) is 23.2 Å². The Morgan fingerprint density at radius 3 is 2.48 bits per heavy atom. The van der Waals surface area contributed by atoms with Crippen molar-refractivity contribution in [2.45, 2.75) is 33.2 Å². The van der Waals surface area contributed by atoms with Crippen molar-refractivity contribution < 1.29 is 4.92 Å². The molecule has 2 heterocycles. The molecule has 1 aromatic carbocycles. The summed E-state index contributed by atoms with van der Waals surface area (Å²) in [6.45, 7) is 9.62. The first kappa shape index (κ1) is 21.3. The van der Waals surface area contributed by atoms with Gasteiger partial charge in [0, 0.05) is 37.8 Å². The number of hydrogen-bond donors (Lipinski definition) is 1. The van der Waals surface area contributed by atoms with E-state index in [-0.39, 0.29) is 16.8 Å². The average molecular weight is 420 g/mol. The van der Waals surface area contributed by atoms with Crippen LogP contribution in [0.3, 0.4) is 0 Å². The van der Waals surface area contributed by atoms with Crippen LogP contribution in [0.5, 0.6) is 0 Å². The lowest BCUT2D eigenvalue weighted by molar-refractivity contribution is -0.384. The highest BCUT2D eigenvalue weighted by molar-refractivity contribution is 6.32. The zero-order chi connectivity index (χ0) is 21.1. The lowest BCUT2D eigenvalue weighted by Gasteiger charge is -2.36. The normalized spacial score (nSPS) is 21.0. The molecule has 0 aliphatic carbocycles. The number of nitrogens with one attached hydrogen (secondary N) is 1. The summed E-state index contributed by atoms with van der Waals surface area (Å²) in [6, 6.07) is 5.69. The fourth-order valence-corrected chi connectivity index (χ4v) is 4.26. The van der Waals surface area contributed by atoms with E-state index in [0.717, 1.165) is 24.3 Å². The van der Waals surface area contributed by atoms with E-state index >= 15 is 0 Å². The van der Waals surface area contributed by atoms with Gasteiger partial charge in [-0.05, 0) is 37.3 Å². The molecule has 3 atom stereocenters. The van der Waals surface area contributed by atoms with Crippen molar-refractivity contribution in [2.24, 2.45) is 11.8 Å². The third-order valence-electron chi connectivity index (χ3n) is 5.10. The van der Waals surface area contributed by atoms with Crippen molar-refractivity contribution >= 4 is 23.0 Å². The summed E-state index contributed by atoms with van der Waals surface area (Å²) >= 11 is 6.31. The van der Waals surface area contributed by atoms with Gasteiger partial charge in [0.2, 0.25) is 0 Å². The molecule has 156 valence electrons. The Labute approximate surface area is 174 Å². The molecule has 2 aromatic rings. The van der Waals surface area contributed by atoms with Crippen LogP contribution in [0, 0.1) is 22.0 Å². The van der Waals surface area contributed by atoms with Gasteiger partial charge in [-0.25, -0.2) is 0 Å². The van der Waals surface area contributed by atoms with Gasteiger partial charge in [0.25, 0.3) is 11.2 Å². The van der Waals surface area contributed by atoms with Crippen LogP contribution < -0.4 is 10.9 Å². The second-order valence-electron chi connectivity index (χ2n) is 8.07. The van der Waals surface area contributed by atoms with E-state index in [1.54, 1.807) is 0 Å². The molecule has 0 spiro atoms. The number of rotatable bonds is 6. The number of hydrogen-bond acceptors (Lipinski definition) is 6. The minimum Gasteiger partial charge on any atom is -0.379 e.